The summed E-state index contributed by atoms with van der Waals surface area (Å²) in [6.07, 6.45) is 1.02. The molecule has 3 aromatic heterocycles. The fourth-order valence-electron chi connectivity index (χ4n) is 3.63. The number of aromatic nitrogens is 5. The zero-order valence-electron chi connectivity index (χ0n) is 19.8. The molecule has 36 heavy (non-hydrogen) atoms. The molecule has 3 heterocycles. The maximum atomic E-state index is 12.7. The predicted octanol–water partition coefficient (Wildman–Crippen LogP) is 4.66. The summed E-state index contributed by atoms with van der Waals surface area (Å²) in [4.78, 5) is 17.0. The van der Waals surface area contributed by atoms with Gasteiger partial charge < -0.3 is 14.8 Å². The van der Waals surface area contributed by atoms with Crippen molar-refractivity contribution >= 4 is 17.2 Å². The second-order valence-electron chi connectivity index (χ2n) is 7.96. The first kappa shape index (κ1) is 23.0. The molecule has 0 bridgehead atoms. The minimum absolute atomic E-state index is 0.256. The Hall–Kier alpha value is -4.79. The van der Waals surface area contributed by atoms with Crippen molar-refractivity contribution < 1.29 is 14.3 Å². The first-order chi connectivity index (χ1) is 17.6. The number of ether oxygens (including phenoxy) is 2. The molecule has 0 fully saturated rings. The zero-order valence-corrected chi connectivity index (χ0v) is 19.8. The smallest absolute Gasteiger partial charge is 0.265 e. The molecule has 2 aromatic carbocycles. The van der Waals surface area contributed by atoms with Gasteiger partial charge in [0.2, 0.25) is 5.82 Å². The highest BCUT2D eigenvalue weighted by Crippen LogP contribution is 2.23. The number of carbonyl (C=O) groups excluding carboxylic acids is 1. The molecule has 0 saturated heterocycles. The number of nitrogens with one attached hydrogen (secondary N) is 1. The molecule has 1 N–H and O–H groups in total. The van der Waals surface area contributed by atoms with E-state index < -0.39 is 6.10 Å². The zero-order chi connectivity index (χ0) is 24.9. The second-order valence-corrected chi connectivity index (χ2v) is 7.96. The molecule has 180 valence electrons. The molecular formula is C27H24N6O3. The van der Waals surface area contributed by atoms with Crippen molar-refractivity contribution in [3.8, 4) is 34.3 Å². The summed E-state index contributed by atoms with van der Waals surface area (Å²) in [5, 5.41) is 16.0. The third kappa shape index (κ3) is 5.00. The van der Waals surface area contributed by atoms with Crippen LogP contribution in [0.2, 0.25) is 0 Å². The summed E-state index contributed by atoms with van der Waals surface area (Å²) in [5.41, 5.74) is 3.59. The van der Waals surface area contributed by atoms with Crippen LogP contribution < -0.4 is 14.8 Å². The lowest BCUT2D eigenvalue weighted by atomic mass is 10.1. The SMILES string of the molecule is CCOc1cccc(OC(C)C(=O)Nc2ccc(-c3ccc4nnc(-c5ccccn5)n4n3)cc2)c1. The van der Waals surface area contributed by atoms with Gasteiger partial charge in [-0.2, -0.15) is 9.61 Å². The van der Waals surface area contributed by atoms with Gasteiger partial charge in [0.15, 0.2) is 11.8 Å². The number of anilines is 1. The molecule has 0 aliphatic heterocycles. The molecule has 1 unspecified atom stereocenters. The van der Waals surface area contributed by atoms with E-state index in [1.165, 1.54) is 0 Å². The molecule has 0 saturated carbocycles. The van der Waals surface area contributed by atoms with Gasteiger partial charge in [0, 0.05) is 23.5 Å². The maximum Gasteiger partial charge on any atom is 0.265 e. The fraction of sp³-hybridized carbons (Fsp3) is 0.148. The quantitative estimate of drug-likeness (QED) is 0.345. The highest BCUT2D eigenvalue weighted by Gasteiger charge is 2.16. The molecule has 9 nitrogen and oxygen atoms in total. The van der Waals surface area contributed by atoms with Crippen LogP contribution in [0.3, 0.4) is 0 Å². The highest BCUT2D eigenvalue weighted by molar-refractivity contribution is 5.94. The Morgan fingerprint density at radius 2 is 1.78 bits per heavy atom. The molecule has 0 aliphatic carbocycles. The highest BCUT2D eigenvalue weighted by atomic mass is 16.5. The first-order valence-electron chi connectivity index (χ1n) is 11.6. The van der Waals surface area contributed by atoms with Crippen LogP contribution in [0.4, 0.5) is 5.69 Å². The van der Waals surface area contributed by atoms with Crippen molar-refractivity contribution in [2.45, 2.75) is 20.0 Å². The lowest BCUT2D eigenvalue weighted by Gasteiger charge is -2.15. The fourth-order valence-corrected chi connectivity index (χ4v) is 3.63. The predicted molar refractivity (Wildman–Crippen MR) is 136 cm³/mol. The van der Waals surface area contributed by atoms with Crippen LogP contribution in [0.5, 0.6) is 11.5 Å². The summed E-state index contributed by atoms with van der Waals surface area (Å²) in [5.74, 6) is 1.58. The van der Waals surface area contributed by atoms with Crippen molar-refractivity contribution in [2.24, 2.45) is 0 Å². The molecule has 5 rings (SSSR count). The van der Waals surface area contributed by atoms with E-state index in [1.54, 1.807) is 29.8 Å². The van der Waals surface area contributed by atoms with E-state index in [4.69, 9.17) is 14.6 Å². The summed E-state index contributed by atoms with van der Waals surface area (Å²) in [6.45, 7) is 4.18. The molecule has 1 atom stereocenters. The van der Waals surface area contributed by atoms with Crippen molar-refractivity contribution in [1.29, 1.82) is 0 Å². The van der Waals surface area contributed by atoms with Crippen LogP contribution in [0.15, 0.2) is 85.1 Å². The number of rotatable bonds is 8. The summed E-state index contributed by atoms with van der Waals surface area (Å²) in [7, 11) is 0. The average molecular weight is 481 g/mol. The number of carbonyl (C=O) groups is 1. The van der Waals surface area contributed by atoms with Crippen LogP contribution >= 0.6 is 0 Å². The van der Waals surface area contributed by atoms with Crippen LogP contribution in [0.25, 0.3) is 28.4 Å². The molecule has 9 heteroatoms. The van der Waals surface area contributed by atoms with E-state index in [-0.39, 0.29) is 5.91 Å². The normalized spacial score (nSPS) is 11.7. The van der Waals surface area contributed by atoms with Gasteiger partial charge >= 0.3 is 0 Å². The van der Waals surface area contributed by atoms with E-state index in [9.17, 15) is 4.79 Å². The minimum Gasteiger partial charge on any atom is -0.494 e. The molecule has 0 radical (unpaired) electrons. The van der Waals surface area contributed by atoms with Gasteiger partial charge in [0.05, 0.1) is 12.3 Å². The topological polar surface area (TPSA) is 104 Å². The molecule has 0 aliphatic rings. The number of nitrogens with zero attached hydrogens (tertiary/aromatic N) is 5. The Bertz CT molecular complexity index is 1480. The van der Waals surface area contributed by atoms with Crippen LogP contribution in [-0.4, -0.2) is 43.4 Å². The van der Waals surface area contributed by atoms with Crippen LogP contribution in [0.1, 0.15) is 13.8 Å². The van der Waals surface area contributed by atoms with Gasteiger partial charge in [-0.1, -0.05) is 24.3 Å². The molecular weight excluding hydrogens is 456 g/mol. The average Bonchev–Trinajstić information content (AvgIpc) is 3.33. The van der Waals surface area contributed by atoms with Gasteiger partial charge in [-0.25, -0.2) is 0 Å². The Balaban J connectivity index is 1.28. The lowest BCUT2D eigenvalue weighted by molar-refractivity contribution is -0.122. The number of amides is 1. The van der Waals surface area contributed by atoms with Gasteiger partial charge in [-0.05, 0) is 62.4 Å². The van der Waals surface area contributed by atoms with Crippen molar-refractivity contribution in [1.82, 2.24) is 24.8 Å². The Morgan fingerprint density at radius 1 is 0.944 bits per heavy atom. The second kappa shape index (κ2) is 10.2. The van der Waals surface area contributed by atoms with Crippen LogP contribution in [0, 0.1) is 0 Å². The minimum atomic E-state index is -0.690. The van der Waals surface area contributed by atoms with Crippen molar-refractivity contribution in [3.63, 3.8) is 0 Å². The first-order valence-corrected chi connectivity index (χ1v) is 11.6. The van der Waals surface area contributed by atoms with Crippen molar-refractivity contribution in [2.75, 3.05) is 11.9 Å². The van der Waals surface area contributed by atoms with Gasteiger partial charge in [0.25, 0.3) is 5.91 Å². The number of benzene rings is 2. The largest absolute Gasteiger partial charge is 0.494 e. The third-order valence-corrected chi connectivity index (χ3v) is 5.40. The number of hydrogen-bond acceptors (Lipinski definition) is 7. The summed E-state index contributed by atoms with van der Waals surface area (Å²) in [6, 6.07) is 24.0. The van der Waals surface area contributed by atoms with Crippen molar-refractivity contribution in [3.05, 3.63) is 85.1 Å². The number of pyridine rings is 1. The number of fused-ring (bicyclic) bond motifs is 1. The molecule has 1 amide bonds. The standard InChI is InChI=1S/C27H24N6O3/c1-3-35-21-7-6-8-22(17-21)36-18(2)27(34)29-20-12-10-19(11-13-20)23-14-15-25-30-31-26(33(25)32-23)24-9-4-5-16-28-24/h4-18H,3H2,1-2H3,(H,29,34). The molecule has 5 aromatic rings. The third-order valence-electron chi connectivity index (χ3n) is 5.40. The summed E-state index contributed by atoms with van der Waals surface area (Å²) < 4.78 is 12.9. The Morgan fingerprint density at radius 3 is 2.56 bits per heavy atom. The van der Waals surface area contributed by atoms with E-state index in [0.717, 1.165) is 11.3 Å². The number of hydrogen-bond donors (Lipinski definition) is 1. The van der Waals surface area contributed by atoms with E-state index in [2.05, 4.69) is 20.5 Å². The van der Waals surface area contributed by atoms with Gasteiger partial charge in [-0.3, -0.25) is 9.78 Å². The van der Waals surface area contributed by atoms with Gasteiger partial charge in [-0.15, -0.1) is 10.2 Å². The Labute approximate surface area is 207 Å². The summed E-state index contributed by atoms with van der Waals surface area (Å²) >= 11 is 0. The van der Waals surface area contributed by atoms with E-state index in [0.29, 0.717) is 41.0 Å². The Kier molecular flexibility index (Phi) is 6.53. The molecule has 0 spiro atoms. The van der Waals surface area contributed by atoms with E-state index in [1.807, 2.05) is 73.7 Å². The lowest BCUT2D eigenvalue weighted by Crippen LogP contribution is -2.30. The van der Waals surface area contributed by atoms with Gasteiger partial charge in [0.1, 0.15) is 17.2 Å². The van der Waals surface area contributed by atoms with Crippen LogP contribution in [-0.2, 0) is 4.79 Å². The monoisotopic (exact) mass is 480 g/mol. The maximum absolute atomic E-state index is 12.7. The van der Waals surface area contributed by atoms with E-state index >= 15 is 0 Å².